The molecule has 0 saturated carbocycles. The summed E-state index contributed by atoms with van der Waals surface area (Å²) in [5.41, 5.74) is 9.01. The Labute approximate surface area is 289 Å². The first-order valence-corrected chi connectivity index (χ1v) is 15.8. The normalized spacial score (nSPS) is 12.3. The van der Waals surface area contributed by atoms with Crippen LogP contribution in [0.5, 0.6) is 11.5 Å². The molecule has 48 heavy (non-hydrogen) atoms. The summed E-state index contributed by atoms with van der Waals surface area (Å²) in [6.07, 6.45) is 3.73. The second-order valence-corrected chi connectivity index (χ2v) is 13.2. The smallest absolute Gasteiger partial charge is 0.497 e. The van der Waals surface area contributed by atoms with Crippen LogP contribution in [0.15, 0.2) is 109 Å². The Morgan fingerprint density at radius 1 is 0.583 bits per heavy atom. The Bertz CT molecular complexity index is 2930. The van der Waals surface area contributed by atoms with E-state index in [2.05, 4.69) is 101 Å². The van der Waals surface area contributed by atoms with Gasteiger partial charge in [-0.05, 0) is 58.1 Å². The first-order chi connectivity index (χ1) is 22.9. The summed E-state index contributed by atoms with van der Waals surface area (Å²) in [7, 11) is 0. The minimum Gasteiger partial charge on any atom is -0.497 e. The van der Waals surface area contributed by atoms with Crippen molar-refractivity contribution in [1.82, 2.24) is 23.8 Å². The number of benzene rings is 5. The minimum absolute atomic E-state index is 0. The maximum atomic E-state index is 6.56. The SMILES string of the molecule is CC(C)(C)c1cccc2c1c1ccc(Oc3[c-]c4c(cc3)c3ccncc3n3c5ccccc5nc43)[c-]c1c1nc3ccccc3n21.[Pd+2]. The summed E-state index contributed by atoms with van der Waals surface area (Å²) >= 11 is 0. The molecular weight excluding hydrogens is 685 g/mol. The summed E-state index contributed by atoms with van der Waals surface area (Å²) in [6, 6.07) is 40.5. The van der Waals surface area contributed by atoms with Crippen molar-refractivity contribution in [2.75, 3.05) is 0 Å². The molecule has 10 aromatic rings. The van der Waals surface area contributed by atoms with Gasteiger partial charge in [0.2, 0.25) is 0 Å². The number of hydrogen-bond donors (Lipinski definition) is 0. The third-order valence-corrected chi connectivity index (χ3v) is 9.32. The van der Waals surface area contributed by atoms with E-state index in [1.807, 2.05) is 54.9 Å². The first-order valence-electron chi connectivity index (χ1n) is 15.8. The molecule has 0 amide bonds. The molecule has 0 N–H and O–H groups in total. The largest absolute Gasteiger partial charge is 2.00 e. The van der Waals surface area contributed by atoms with Gasteiger partial charge in [0, 0.05) is 29.4 Å². The van der Waals surface area contributed by atoms with E-state index in [4.69, 9.17) is 14.7 Å². The number of ether oxygens (including phenoxy) is 1. The van der Waals surface area contributed by atoms with Crippen LogP contribution in [0, 0.1) is 12.1 Å². The molecule has 5 heterocycles. The molecule has 0 atom stereocenters. The zero-order valence-electron chi connectivity index (χ0n) is 26.4. The van der Waals surface area contributed by atoms with Gasteiger partial charge < -0.3 is 13.5 Å². The zero-order chi connectivity index (χ0) is 31.4. The number of pyridine rings is 3. The van der Waals surface area contributed by atoms with Gasteiger partial charge in [-0.2, -0.15) is 0 Å². The summed E-state index contributed by atoms with van der Waals surface area (Å²) in [5, 5.41) is 6.26. The number of rotatable bonds is 2. The van der Waals surface area contributed by atoms with Gasteiger partial charge in [0.15, 0.2) is 0 Å². The van der Waals surface area contributed by atoms with Crippen LogP contribution in [0.25, 0.3) is 76.7 Å². The van der Waals surface area contributed by atoms with E-state index >= 15 is 0 Å². The number of hydrogen-bond acceptors (Lipinski definition) is 4. The molecule has 0 aliphatic carbocycles. The number of aromatic nitrogens is 5. The molecular formula is C41H27N5OPd. The van der Waals surface area contributed by atoms with E-state index in [1.165, 1.54) is 10.9 Å². The van der Waals surface area contributed by atoms with Crippen LogP contribution in [0.3, 0.4) is 0 Å². The third-order valence-electron chi connectivity index (χ3n) is 9.32. The molecule has 0 radical (unpaired) electrons. The predicted molar refractivity (Wildman–Crippen MR) is 190 cm³/mol. The van der Waals surface area contributed by atoms with Gasteiger partial charge in [-0.25, -0.2) is 0 Å². The van der Waals surface area contributed by atoms with E-state index in [0.29, 0.717) is 11.5 Å². The van der Waals surface area contributed by atoms with E-state index in [1.54, 1.807) is 0 Å². The quantitative estimate of drug-likeness (QED) is 0.102. The second kappa shape index (κ2) is 10.3. The van der Waals surface area contributed by atoms with Crippen LogP contribution in [0.4, 0.5) is 0 Å². The number of para-hydroxylation sites is 4. The second-order valence-electron chi connectivity index (χ2n) is 13.2. The molecule has 7 heteroatoms. The fraction of sp³-hybridized carbons (Fsp3) is 0.0976. The van der Waals surface area contributed by atoms with Crippen molar-refractivity contribution >= 4 is 76.7 Å². The molecule has 6 nitrogen and oxygen atoms in total. The van der Waals surface area contributed by atoms with Crippen molar-refractivity contribution in [2.45, 2.75) is 26.2 Å². The average Bonchev–Trinajstić information content (AvgIpc) is 3.68. The maximum absolute atomic E-state index is 6.56. The van der Waals surface area contributed by atoms with Gasteiger partial charge >= 0.3 is 20.4 Å². The standard InChI is InChI=1S/C41H27N5O.Pd/c1-41(2,3)31-9-8-14-36-38(31)28-18-16-25(22-30(28)40-44-32-10-4-6-12-34(32)45(36)40)47-24-15-17-26-27-19-20-42-23-37(27)46-35-13-7-5-11-33(35)43-39(46)29(26)21-24;/h4-20,23H,1-3H3;/q-2;+2. The Kier molecular flexibility index (Phi) is 6.20. The Morgan fingerprint density at radius 2 is 1.17 bits per heavy atom. The van der Waals surface area contributed by atoms with E-state index in [-0.39, 0.29) is 25.8 Å². The Hall–Kier alpha value is -5.35. The number of fused-ring (bicyclic) bond motifs is 16. The predicted octanol–water partition coefficient (Wildman–Crippen LogP) is 9.98. The van der Waals surface area contributed by atoms with E-state index in [0.717, 1.165) is 71.3 Å². The molecule has 0 fully saturated rings. The van der Waals surface area contributed by atoms with E-state index in [9.17, 15) is 0 Å². The first kappa shape index (κ1) is 28.8. The molecule has 10 rings (SSSR count). The fourth-order valence-electron chi connectivity index (χ4n) is 7.27. The van der Waals surface area contributed by atoms with Crippen LogP contribution in [-0.4, -0.2) is 23.8 Å². The number of imidazole rings is 2. The molecule has 0 aliphatic rings. The molecule has 5 aromatic carbocycles. The third kappa shape index (κ3) is 4.05. The van der Waals surface area contributed by atoms with Crippen molar-refractivity contribution in [2.24, 2.45) is 0 Å². The van der Waals surface area contributed by atoms with Gasteiger partial charge in [0.1, 0.15) is 0 Å². The van der Waals surface area contributed by atoms with Crippen LogP contribution in [0.1, 0.15) is 26.3 Å². The minimum atomic E-state index is -0.0606. The molecule has 0 saturated heterocycles. The van der Waals surface area contributed by atoms with Crippen LogP contribution in [-0.2, 0) is 25.8 Å². The van der Waals surface area contributed by atoms with Crippen molar-refractivity contribution < 1.29 is 25.2 Å². The molecule has 0 spiro atoms. The Morgan fingerprint density at radius 3 is 1.83 bits per heavy atom. The Balaban J connectivity index is 0.00000314. The summed E-state index contributed by atoms with van der Waals surface area (Å²) in [5.74, 6) is 1.19. The van der Waals surface area contributed by atoms with Crippen LogP contribution in [0.2, 0.25) is 0 Å². The topological polar surface area (TPSA) is 56.7 Å². The summed E-state index contributed by atoms with van der Waals surface area (Å²) < 4.78 is 11.0. The fourth-order valence-corrected chi connectivity index (χ4v) is 7.27. The van der Waals surface area contributed by atoms with Gasteiger partial charge in [0.25, 0.3) is 0 Å². The monoisotopic (exact) mass is 711 g/mol. The molecule has 0 unspecified atom stereocenters. The van der Waals surface area contributed by atoms with Crippen LogP contribution >= 0.6 is 0 Å². The van der Waals surface area contributed by atoms with Crippen molar-refractivity contribution in [3.8, 4) is 11.5 Å². The molecule has 0 aliphatic heterocycles. The number of nitrogens with zero attached hydrogens (tertiary/aromatic N) is 5. The average molecular weight is 712 g/mol. The molecule has 0 bridgehead atoms. The maximum Gasteiger partial charge on any atom is 2.00 e. The summed E-state index contributed by atoms with van der Waals surface area (Å²) in [6.45, 7) is 6.79. The van der Waals surface area contributed by atoms with Gasteiger partial charge in [-0.15, -0.1) is 12.1 Å². The molecule has 232 valence electrons. The van der Waals surface area contributed by atoms with Gasteiger partial charge in [-0.1, -0.05) is 103 Å². The van der Waals surface area contributed by atoms with Gasteiger partial charge in [0.05, 0.1) is 38.9 Å². The zero-order valence-corrected chi connectivity index (χ0v) is 27.9. The van der Waals surface area contributed by atoms with Crippen molar-refractivity contribution in [3.05, 3.63) is 127 Å². The summed E-state index contributed by atoms with van der Waals surface area (Å²) in [4.78, 5) is 14.6. The van der Waals surface area contributed by atoms with Crippen LogP contribution < -0.4 is 4.74 Å². The van der Waals surface area contributed by atoms with Crippen molar-refractivity contribution in [1.29, 1.82) is 0 Å². The van der Waals surface area contributed by atoms with Gasteiger partial charge in [-0.3, -0.25) is 15.0 Å². The van der Waals surface area contributed by atoms with E-state index < -0.39 is 0 Å². The van der Waals surface area contributed by atoms with Crippen molar-refractivity contribution in [3.63, 3.8) is 0 Å². The molecule has 5 aromatic heterocycles.